The maximum Gasteiger partial charge on any atom is 0.277 e. The largest absolute Gasteiger partial charge is 0.342 e. The Morgan fingerprint density at radius 2 is 1.97 bits per heavy atom. The average Bonchev–Trinajstić information content (AvgIpc) is 3.22. The Morgan fingerprint density at radius 3 is 2.68 bits per heavy atom. The van der Waals surface area contributed by atoms with Crippen molar-refractivity contribution in [1.29, 1.82) is 0 Å². The van der Waals surface area contributed by atoms with Gasteiger partial charge in [0.05, 0.1) is 17.8 Å². The highest BCUT2D eigenvalue weighted by molar-refractivity contribution is 5.79. The molecule has 2 aromatic rings. The molecule has 2 amide bonds. The molecular formula is C23H33N5O3. The number of piperidine rings is 1. The zero-order valence-electron chi connectivity index (χ0n) is 19.0. The van der Waals surface area contributed by atoms with Crippen molar-refractivity contribution in [3.8, 4) is 0 Å². The third-order valence-electron chi connectivity index (χ3n) is 6.79. The number of fused-ring (bicyclic) bond motifs is 2. The first-order valence-electron chi connectivity index (χ1n) is 11.5. The number of H-pyrrole nitrogens is 1. The van der Waals surface area contributed by atoms with Crippen LogP contribution in [0, 0.1) is 11.8 Å². The van der Waals surface area contributed by atoms with E-state index in [9.17, 15) is 14.4 Å². The number of hydrogen-bond donors (Lipinski definition) is 1. The molecule has 4 rings (SSSR count). The van der Waals surface area contributed by atoms with Gasteiger partial charge in [0.15, 0.2) is 5.65 Å². The van der Waals surface area contributed by atoms with Crippen LogP contribution in [0.2, 0.25) is 0 Å². The van der Waals surface area contributed by atoms with Crippen LogP contribution in [-0.4, -0.2) is 55.8 Å². The van der Waals surface area contributed by atoms with Crippen LogP contribution >= 0.6 is 0 Å². The first kappa shape index (κ1) is 21.6. The number of hydrogen-bond acceptors (Lipinski definition) is 4. The molecule has 0 spiro atoms. The number of nitrogens with one attached hydrogen (secondary N) is 1. The van der Waals surface area contributed by atoms with E-state index in [1.54, 1.807) is 4.90 Å². The Hall–Kier alpha value is -2.64. The molecule has 4 heterocycles. The maximum atomic E-state index is 13.2. The van der Waals surface area contributed by atoms with E-state index in [0.29, 0.717) is 37.3 Å². The predicted molar refractivity (Wildman–Crippen MR) is 118 cm³/mol. The number of aromatic nitrogens is 3. The molecule has 0 saturated carbocycles. The molecule has 2 aliphatic heterocycles. The Morgan fingerprint density at radius 1 is 1.19 bits per heavy atom. The minimum Gasteiger partial charge on any atom is -0.342 e. The summed E-state index contributed by atoms with van der Waals surface area (Å²) < 4.78 is 1.51. The number of aromatic amines is 1. The van der Waals surface area contributed by atoms with E-state index in [2.05, 4.69) is 5.10 Å². The normalized spacial score (nSPS) is 20.2. The second-order valence-electron chi connectivity index (χ2n) is 9.34. The standard InChI is InChI=1S/C23H33N5O3/c1-5-15(4)22(30)26-9-6-7-16(12-26)19-11-20-24-18-8-10-27(21(29)14(2)3)13-17(18)23(31)28(20)25-19/h11,14-16,25H,5-10,12-13H2,1-4H3. The van der Waals surface area contributed by atoms with Crippen molar-refractivity contribution >= 4 is 17.5 Å². The lowest BCUT2D eigenvalue weighted by molar-refractivity contribution is -0.136. The molecule has 31 heavy (non-hydrogen) atoms. The first-order valence-corrected chi connectivity index (χ1v) is 11.5. The van der Waals surface area contributed by atoms with Gasteiger partial charge in [-0.05, 0) is 19.3 Å². The monoisotopic (exact) mass is 427 g/mol. The van der Waals surface area contributed by atoms with Crippen LogP contribution in [-0.2, 0) is 22.6 Å². The Labute approximate surface area is 182 Å². The fourth-order valence-electron chi connectivity index (χ4n) is 4.68. The summed E-state index contributed by atoms with van der Waals surface area (Å²) in [5.74, 6) is 0.387. The maximum absolute atomic E-state index is 13.2. The van der Waals surface area contributed by atoms with E-state index < -0.39 is 0 Å². The van der Waals surface area contributed by atoms with Gasteiger partial charge in [0.25, 0.3) is 5.56 Å². The second-order valence-corrected chi connectivity index (χ2v) is 9.34. The van der Waals surface area contributed by atoms with Crippen molar-refractivity contribution in [2.75, 3.05) is 19.6 Å². The number of carbonyl (C=O) groups excluding carboxylic acids is 2. The van der Waals surface area contributed by atoms with E-state index in [4.69, 9.17) is 4.98 Å². The molecule has 2 aliphatic rings. The van der Waals surface area contributed by atoms with Crippen molar-refractivity contribution < 1.29 is 9.59 Å². The minimum atomic E-state index is -0.129. The van der Waals surface area contributed by atoms with Gasteiger partial charge in [-0.1, -0.05) is 27.7 Å². The van der Waals surface area contributed by atoms with Crippen LogP contribution in [0.4, 0.5) is 0 Å². The Bertz CT molecular complexity index is 1050. The van der Waals surface area contributed by atoms with E-state index in [1.165, 1.54) is 4.52 Å². The zero-order valence-corrected chi connectivity index (χ0v) is 19.0. The van der Waals surface area contributed by atoms with Gasteiger partial charge >= 0.3 is 0 Å². The topological polar surface area (TPSA) is 90.8 Å². The fraction of sp³-hybridized carbons (Fsp3) is 0.652. The van der Waals surface area contributed by atoms with Crippen molar-refractivity contribution in [3.05, 3.63) is 33.4 Å². The van der Waals surface area contributed by atoms with Gasteiger partial charge in [-0.3, -0.25) is 19.5 Å². The molecule has 0 radical (unpaired) electrons. The predicted octanol–water partition coefficient (Wildman–Crippen LogP) is 2.32. The molecule has 1 fully saturated rings. The molecule has 1 saturated heterocycles. The Balaban J connectivity index is 1.61. The van der Waals surface area contributed by atoms with Crippen LogP contribution in [0.15, 0.2) is 10.9 Å². The third-order valence-corrected chi connectivity index (χ3v) is 6.79. The summed E-state index contributed by atoms with van der Waals surface area (Å²) in [6.45, 7) is 10.2. The van der Waals surface area contributed by atoms with Crippen molar-refractivity contribution in [2.24, 2.45) is 11.8 Å². The van der Waals surface area contributed by atoms with Gasteiger partial charge in [0, 0.05) is 55.6 Å². The lowest BCUT2D eigenvalue weighted by atomic mass is 9.93. The average molecular weight is 428 g/mol. The summed E-state index contributed by atoms with van der Waals surface area (Å²) in [6, 6.07) is 1.95. The van der Waals surface area contributed by atoms with E-state index in [0.717, 1.165) is 37.2 Å². The molecule has 2 aromatic heterocycles. The number of nitrogens with zero attached hydrogens (tertiary/aromatic N) is 4. The summed E-state index contributed by atoms with van der Waals surface area (Å²) in [6.07, 6.45) is 3.36. The van der Waals surface area contributed by atoms with Crippen molar-refractivity contribution in [2.45, 2.75) is 65.8 Å². The van der Waals surface area contributed by atoms with Gasteiger partial charge < -0.3 is 9.80 Å². The van der Waals surface area contributed by atoms with E-state index in [1.807, 2.05) is 38.7 Å². The summed E-state index contributed by atoms with van der Waals surface area (Å²) in [5.41, 5.74) is 2.83. The molecule has 2 atom stereocenters. The quantitative estimate of drug-likeness (QED) is 0.811. The lowest BCUT2D eigenvalue weighted by Crippen LogP contribution is -2.42. The zero-order chi connectivity index (χ0) is 22.3. The van der Waals surface area contributed by atoms with Gasteiger partial charge in [0.2, 0.25) is 11.8 Å². The molecular weight excluding hydrogens is 394 g/mol. The smallest absolute Gasteiger partial charge is 0.277 e. The minimum absolute atomic E-state index is 0.0361. The molecule has 8 nitrogen and oxygen atoms in total. The van der Waals surface area contributed by atoms with Crippen LogP contribution in [0.5, 0.6) is 0 Å². The van der Waals surface area contributed by atoms with Crippen molar-refractivity contribution in [1.82, 2.24) is 24.4 Å². The summed E-state index contributed by atoms with van der Waals surface area (Å²) in [4.78, 5) is 46.7. The highest BCUT2D eigenvalue weighted by Crippen LogP contribution is 2.28. The molecule has 0 bridgehead atoms. The summed E-state index contributed by atoms with van der Waals surface area (Å²) >= 11 is 0. The number of carbonyl (C=O) groups is 2. The number of likely N-dealkylation sites (tertiary alicyclic amines) is 1. The fourth-order valence-corrected chi connectivity index (χ4v) is 4.68. The van der Waals surface area contributed by atoms with E-state index >= 15 is 0 Å². The van der Waals surface area contributed by atoms with Crippen LogP contribution in [0.1, 0.15) is 69.8 Å². The Kier molecular flexibility index (Phi) is 5.90. The van der Waals surface area contributed by atoms with Crippen molar-refractivity contribution in [3.63, 3.8) is 0 Å². The highest BCUT2D eigenvalue weighted by Gasteiger charge is 2.30. The lowest BCUT2D eigenvalue weighted by Gasteiger charge is -2.33. The molecule has 2 unspecified atom stereocenters. The first-order chi connectivity index (χ1) is 14.8. The highest BCUT2D eigenvalue weighted by atomic mass is 16.2. The molecule has 0 aromatic carbocycles. The number of amides is 2. The van der Waals surface area contributed by atoms with Crippen LogP contribution in [0.25, 0.3) is 5.65 Å². The van der Waals surface area contributed by atoms with E-state index in [-0.39, 0.29) is 35.1 Å². The van der Waals surface area contributed by atoms with Gasteiger partial charge in [-0.25, -0.2) is 9.50 Å². The SMILES string of the molecule is CCC(C)C(=O)N1CCCC(c2cc3nc4c(c(=O)n3[nH]2)CN(C(=O)C(C)C)CC4)C1. The molecule has 0 aliphatic carbocycles. The summed E-state index contributed by atoms with van der Waals surface area (Å²) in [5, 5.41) is 3.25. The van der Waals surface area contributed by atoms with Gasteiger partial charge in [-0.15, -0.1) is 0 Å². The van der Waals surface area contributed by atoms with Gasteiger partial charge in [0.1, 0.15) is 0 Å². The molecule has 8 heteroatoms. The second kappa shape index (κ2) is 8.48. The van der Waals surface area contributed by atoms with Crippen LogP contribution in [0.3, 0.4) is 0 Å². The summed E-state index contributed by atoms with van der Waals surface area (Å²) in [7, 11) is 0. The molecule has 1 N–H and O–H groups in total. The van der Waals surface area contributed by atoms with Gasteiger partial charge in [-0.2, -0.15) is 0 Å². The number of rotatable bonds is 4. The molecule has 168 valence electrons. The van der Waals surface area contributed by atoms with Crippen LogP contribution < -0.4 is 5.56 Å². The third kappa shape index (κ3) is 4.00.